The minimum atomic E-state index is -5.55. The molecule has 2 aromatic rings. The van der Waals surface area contributed by atoms with Gasteiger partial charge in [-0.25, -0.2) is 0 Å². The van der Waals surface area contributed by atoms with Gasteiger partial charge in [-0.05, 0) is 35.0 Å². The molecule has 0 unspecified atom stereocenters. The molecule has 9 heteroatoms. The Kier molecular flexibility index (Phi) is 3.82. The largest absolute Gasteiger partial charge is 0.519 e. The SMILES string of the molecule is O=S(=O)(N=S1c2ccccc2Sc2ccccc21)C(F)(F)F. The van der Waals surface area contributed by atoms with E-state index in [9.17, 15) is 21.6 Å². The van der Waals surface area contributed by atoms with Crippen LogP contribution in [0, 0.1) is 0 Å². The molecule has 0 bridgehead atoms. The fraction of sp³-hybridized carbons (Fsp3) is 0.0769. The molecule has 3 rings (SSSR count). The van der Waals surface area contributed by atoms with Crippen LogP contribution >= 0.6 is 11.8 Å². The van der Waals surface area contributed by atoms with Crippen molar-refractivity contribution in [3.63, 3.8) is 0 Å². The molecule has 0 atom stereocenters. The number of halogens is 3. The van der Waals surface area contributed by atoms with Crippen LogP contribution in [0.25, 0.3) is 0 Å². The van der Waals surface area contributed by atoms with Crippen LogP contribution in [0.15, 0.2) is 71.9 Å². The van der Waals surface area contributed by atoms with Crippen LogP contribution in [0.4, 0.5) is 13.2 Å². The molecule has 0 aromatic heterocycles. The van der Waals surface area contributed by atoms with Gasteiger partial charge in [0.15, 0.2) is 0 Å². The lowest BCUT2D eigenvalue weighted by molar-refractivity contribution is -0.0434. The highest BCUT2D eigenvalue weighted by Gasteiger charge is 2.46. The number of benzene rings is 2. The minimum absolute atomic E-state index is 0.485. The molecular weight excluding hydrogens is 355 g/mol. The van der Waals surface area contributed by atoms with E-state index in [0.717, 1.165) is 0 Å². The highest BCUT2D eigenvalue weighted by atomic mass is 32.3. The molecule has 2 aromatic carbocycles. The van der Waals surface area contributed by atoms with Crippen LogP contribution in [0.1, 0.15) is 0 Å². The first-order chi connectivity index (χ1) is 10.3. The predicted molar refractivity (Wildman–Crippen MR) is 78.3 cm³/mol. The minimum Gasteiger partial charge on any atom is -0.194 e. The van der Waals surface area contributed by atoms with E-state index in [4.69, 9.17) is 0 Å². The summed E-state index contributed by atoms with van der Waals surface area (Å²) in [6.45, 7) is 0. The summed E-state index contributed by atoms with van der Waals surface area (Å²) in [5.74, 6) is 0. The Morgan fingerprint density at radius 1 is 0.909 bits per heavy atom. The fourth-order valence-electron chi connectivity index (χ4n) is 1.85. The van der Waals surface area contributed by atoms with E-state index in [1.165, 1.54) is 11.8 Å². The van der Waals surface area contributed by atoms with Gasteiger partial charge in [-0.1, -0.05) is 36.0 Å². The third-order valence-corrected chi connectivity index (χ3v) is 7.72. The normalized spacial score (nSPS) is 15.0. The van der Waals surface area contributed by atoms with Crippen molar-refractivity contribution in [3.8, 4) is 0 Å². The van der Waals surface area contributed by atoms with Crippen LogP contribution in [-0.4, -0.2) is 13.9 Å². The summed E-state index contributed by atoms with van der Waals surface area (Å²) in [6, 6.07) is 13.5. The van der Waals surface area contributed by atoms with Crippen molar-refractivity contribution in [3.05, 3.63) is 48.5 Å². The average molecular weight is 363 g/mol. The highest BCUT2D eigenvalue weighted by molar-refractivity contribution is 8.04. The van der Waals surface area contributed by atoms with E-state index < -0.39 is 26.2 Å². The highest BCUT2D eigenvalue weighted by Crippen LogP contribution is 2.44. The van der Waals surface area contributed by atoms with Gasteiger partial charge >= 0.3 is 15.5 Å². The molecule has 0 radical (unpaired) electrons. The van der Waals surface area contributed by atoms with E-state index in [1.54, 1.807) is 48.5 Å². The summed E-state index contributed by atoms with van der Waals surface area (Å²) in [4.78, 5) is 2.40. The van der Waals surface area contributed by atoms with Crippen LogP contribution < -0.4 is 0 Å². The Bertz CT molecular complexity index is 829. The van der Waals surface area contributed by atoms with Gasteiger partial charge in [-0.2, -0.15) is 21.6 Å². The fourth-order valence-corrected chi connectivity index (χ4v) is 6.37. The van der Waals surface area contributed by atoms with Gasteiger partial charge < -0.3 is 0 Å². The van der Waals surface area contributed by atoms with Gasteiger partial charge in [0.25, 0.3) is 0 Å². The molecule has 1 aliphatic rings. The first-order valence-electron chi connectivity index (χ1n) is 5.94. The Morgan fingerprint density at radius 3 is 1.82 bits per heavy atom. The number of alkyl halides is 3. The zero-order chi connectivity index (χ0) is 16.0. The Morgan fingerprint density at radius 2 is 1.36 bits per heavy atom. The Hall–Kier alpha value is -1.32. The second-order valence-electron chi connectivity index (χ2n) is 4.28. The van der Waals surface area contributed by atoms with Crippen LogP contribution in [0.3, 0.4) is 0 Å². The van der Waals surface area contributed by atoms with Gasteiger partial charge in [-0.3, -0.25) is 0 Å². The second-order valence-corrected chi connectivity index (χ2v) is 8.82. The lowest BCUT2D eigenvalue weighted by Gasteiger charge is -2.21. The van der Waals surface area contributed by atoms with Gasteiger partial charge in [0.1, 0.15) is 0 Å². The third-order valence-electron chi connectivity index (χ3n) is 2.80. The Balaban J connectivity index is 2.28. The van der Waals surface area contributed by atoms with Crippen molar-refractivity contribution in [2.45, 2.75) is 25.1 Å². The average Bonchev–Trinajstić information content (AvgIpc) is 2.45. The van der Waals surface area contributed by atoms with Crippen molar-refractivity contribution in [1.29, 1.82) is 0 Å². The zero-order valence-electron chi connectivity index (χ0n) is 10.7. The lowest BCUT2D eigenvalue weighted by Crippen LogP contribution is -2.21. The van der Waals surface area contributed by atoms with Gasteiger partial charge in [-0.15, -0.1) is 3.77 Å². The van der Waals surface area contributed by atoms with Crippen molar-refractivity contribution in [2.24, 2.45) is 3.77 Å². The summed E-state index contributed by atoms with van der Waals surface area (Å²) in [6.07, 6.45) is 0. The number of hydrogen-bond donors (Lipinski definition) is 0. The summed E-state index contributed by atoms with van der Waals surface area (Å²) in [5.41, 5.74) is -5.39. The van der Waals surface area contributed by atoms with Gasteiger partial charge in [0.2, 0.25) is 0 Å². The topological polar surface area (TPSA) is 46.5 Å². The summed E-state index contributed by atoms with van der Waals surface area (Å²) in [7, 11) is -7.07. The number of rotatable bonds is 1. The van der Waals surface area contributed by atoms with Crippen LogP contribution in [0.2, 0.25) is 0 Å². The molecule has 0 aliphatic carbocycles. The molecule has 0 saturated heterocycles. The smallest absolute Gasteiger partial charge is 0.194 e. The van der Waals surface area contributed by atoms with E-state index in [0.29, 0.717) is 19.6 Å². The summed E-state index contributed by atoms with van der Waals surface area (Å²) in [5, 5.41) is 0. The van der Waals surface area contributed by atoms with E-state index in [2.05, 4.69) is 3.77 Å². The first-order valence-corrected chi connectivity index (χ1v) is 9.38. The molecule has 116 valence electrons. The lowest BCUT2D eigenvalue weighted by atomic mass is 10.3. The zero-order valence-corrected chi connectivity index (χ0v) is 13.2. The van der Waals surface area contributed by atoms with Gasteiger partial charge in [0.05, 0.1) is 0 Å². The van der Waals surface area contributed by atoms with Crippen molar-refractivity contribution in [2.75, 3.05) is 0 Å². The molecule has 0 N–H and O–H groups in total. The molecule has 3 nitrogen and oxygen atoms in total. The number of nitrogens with zero attached hydrogens (tertiary/aromatic N) is 1. The maximum absolute atomic E-state index is 12.7. The van der Waals surface area contributed by atoms with Crippen molar-refractivity contribution in [1.82, 2.24) is 0 Å². The molecule has 0 saturated carbocycles. The Labute approximate surface area is 131 Å². The molecule has 0 fully saturated rings. The molecule has 0 spiro atoms. The van der Waals surface area contributed by atoms with Crippen molar-refractivity contribution < 1.29 is 21.6 Å². The molecule has 22 heavy (non-hydrogen) atoms. The van der Waals surface area contributed by atoms with Crippen LogP contribution in [0.5, 0.6) is 0 Å². The monoisotopic (exact) mass is 363 g/mol. The number of hydrogen-bond acceptors (Lipinski definition) is 3. The number of sulfonamides is 1. The maximum atomic E-state index is 12.7. The standard InChI is InChI=1S/C13H8F3NO2S3/c14-13(15,16)22(18,19)17-21-11-7-3-1-5-9(11)20-10-6-2-4-8-12(10)21/h1-8H. The maximum Gasteiger partial charge on any atom is 0.519 e. The van der Waals surface area contributed by atoms with Gasteiger partial charge in [0, 0.05) is 19.6 Å². The number of fused-ring (bicyclic) bond motifs is 2. The summed E-state index contributed by atoms with van der Waals surface area (Å²) < 4.78 is 64.1. The van der Waals surface area contributed by atoms with E-state index in [-0.39, 0.29) is 0 Å². The molecule has 0 amide bonds. The summed E-state index contributed by atoms with van der Waals surface area (Å²) >= 11 is 1.39. The third kappa shape index (κ3) is 2.68. The predicted octanol–water partition coefficient (Wildman–Crippen LogP) is 4.22. The second kappa shape index (κ2) is 5.39. The molecular formula is C13H8F3NO2S3. The first kappa shape index (κ1) is 15.6. The molecule has 1 heterocycles. The van der Waals surface area contributed by atoms with Crippen LogP contribution in [-0.2, 0) is 20.7 Å². The van der Waals surface area contributed by atoms with Crippen molar-refractivity contribution >= 4 is 32.5 Å². The van der Waals surface area contributed by atoms with E-state index >= 15 is 0 Å². The quantitative estimate of drug-likeness (QED) is 0.650. The molecule has 1 aliphatic heterocycles. The van der Waals surface area contributed by atoms with E-state index in [1.807, 2.05) is 0 Å².